The van der Waals surface area contributed by atoms with E-state index in [4.69, 9.17) is 18.2 Å². The van der Waals surface area contributed by atoms with Crippen LogP contribution in [0, 0.1) is 6.57 Å². The minimum absolute atomic E-state index is 0.0432. The predicted molar refractivity (Wildman–Crippen MR) is 31.4 cm³/mol. The van der Waals surface area contributed by atoms with Crippen molar-refractivity contribution in [2.24, 2.45) is 0 Å². The highest BCUT2D eigenvalue weighted by molar-refractivity contribution is 6.18. The molecule has 1 nitrogen and oxygen atoms in total. The zero-order valence-corrected chi connectivity index (χ0v) is 5.07. The summed E-state index contributed by atoms with van der Waals surface area (Å²) in [6.07, 6.45) is 0.868. The number of halogens is 1. The van der Waals surface area contributed by atoms with Gasteiger partial charge in [-0.2, -0.15) is 0 Å². The largest absolute Gasteiger partial charge is 0.312 e. The lowest BCUT2D eigenvalue weighted by Gasteiger charge is -1.90. The lowest BCUT2D eigenvalue weighted by molar-refractivity contribution is 0.821. The van der Waals surface area contributed by atoms with Crippen LogP contribution in [0.15, 0.2) is 0 Å². The molecule has 0 amide bonds. The molecule has 7 heavy (non-hydrogen) atoms. The molecule has 2 heteroatoms. The summed E-state index contributed by atoms with van der Waals surface area (Å²) in [5.41, 5.74) is 0. The minimum atomic E-state index is 0.0432. The van der Waals surface area contributed by atoms with Crippen molar-refractivity contribution >= 4 is 11.6 Å². The third kappa shape index (κ3) is 2.47. The van der Waals surface area contributed by atoms with E-state index in [1.807, 2.05) is 6.92 Å². The van der Waals surface area contributed by atoms with Gasteiger partial charge in [-0.3, -0.25) is 0 Å². The Balaban J connectivity index is 3.23. The molecule has 0 spiro atoms. The van der Waals surface area contributed by atoms with Gasteiger partial charge in [-0.25, -0.2) is 6.57 Å². The van der Waals surface area contributed by atoms with Crippen LogP contribution in [-0.4, -0.2) is 11.9 Å². The molecule has 0 aliphatic carbocycles. The zero-order chi connectivity index (χ0) is 5.70. The topological polar surface area (TPSA) is 4.36 Å². The summed E-state index contributed by atoms with van der Waals surface area (Å²) in [6, 6.07) is 0.0432. The standard InChI is InChI=1S/C5H8ClN/c1-3-5(4-6)7-2/h5H,3-4H2,1H3. The van der Waals surface area contributed by atoms with E-state index in [1.165, 1.54) is 0 Å². The van der Waals surface area contributed by atoms with Gasteiger partial charge in [-0.1, -0.05) is 6.92 Å². The first-order valence-electron chi connectivity index (χ1n) is 2.27. The molecule has 0 heterocycles. The van der Waals surface area contributed by atoms with Crippen molar-refractivity contribution in [1.29, 1.82) is 0 Å². The highest BCUT2D eigenvalue weighted by Gasteiger charge is 2.03. The molecular formula is C5H8ClN. The van der Waals surface area contributed by atoms with E-state index in [0.29, 0.717) is 5.88 Å². The summed E-state index contributed by atoms with van der Waals surface area (Å²) < 4.78 is 0. The number of nitrogens with zero attached hydrogens (tertiary/aromatic N) is 1. The number of rotatable bonds is 2. The quantitative estimate of drug-likeness (QED) is 0.385. The fraction of sp³-hybridized carbons (Fsp3) is 0.800. The maximum atomic E-state index is 6.50. The average Bonchev–Trinajstić information content (AvgIpc) is 1.72. The molecule has 0 aromatic rings. The fourth-order valence-electron chi connectivity index (χ4n) is 0.235. The number of hydrogen-bond donors (Lipinski definition) is 0. The van der Waals surface area contributed by atoms with Crippen LogP contribution < -0.4 is 0 Å². The highest BCUT2D eigenvalue weighted by atomic mass is 35.5. The first-order chi connectivity index (χ1) is 3.35. The maximum Gasteiger partial charge on any atom is 0.236 e. The molecule has 0 N–H and O–H groups in total. The Hall–Kier alpha value is -0.220. The van der Waals surface area contributed by atoms with E-state index >= 15 is 0 Å². The second-order valence-electron chi connectivity index (χ2n) is 1.35. The minimum Gasteiger partial charge on any atom is -0.312 e. The molecule has 0 aliphatic heterocycles. The lowest BCUT2D eigenvalue weighted by atomic mass is 10.3. The Labute approximate surface area is 49.1 Å². The molecule has 1 atom stereocenters. The molecule has 0 aromatic carbocycles. The third-order valence-electron chi connectivity index (χ3n) is 0.832. The Bertz CT molecular complexity index is 70.6. The maximum absolute atomic E-state index is 6.50. The van der Waals surface area contributed by atoms with Gasteiger partial charge in [-0.15, -0.1) is 11.6 Å². The molecule has 0 saturated heterocycles. The van der Waals surface area contributed by atoms with E-state index in [0.717, 1.165) is 6.42 Å². The van der Waals surface area contributed by atoms with Crippen LogP contribution in [0.3, 0.4) is 0 Å². The normalized spacial score (nSPS) is 12.7. The third-order valence-corrected chi connectivity index (χ3v) is 1.19. The van der Waals surface area contributed by atoms with Crippen molar-refractivity contribution in [3.05, 3.63) is 11.4 Å². The molecule has 0 saturated carbocycles. The van der Waals surface area contributed by atoms with Crippen LogP contribution in [0.4, 0.5) is 0 Å². The van der Waals surface area contributed by atoms with Crippen LogP contribution in [0.5, 0.6) is 0 Å². The first kappa shape index (κ1) is 6.78. The van der Waals surface area contributed by atoms with E-state index < -0.39 is 0 Å². The van der Waals surface area contributed by atoms with Crippen LogP contribution >= 0.6 is 11.6 Å². The molecule has 1 unspecified atom stereocenters. The molecule has 40 valence electrons. The highest BCUT2D eigenvalue weighted by Crippen LogP contribution is 1.97. The summed E-state index contributed by atoms with van der Waals surface area (Å²) in [6.45, 7) is 8.46. The van der Waals surface area contributed by atoms with Gasteiger partial charge in [0.25, 0.3) is 0 Å². The molecule has 0 fully saturated rings. The summed E-state index contributed by atoms with van der Waals surface area (Å²) in [4.78, 5) is 3.24. The van der Waals surface area contributed by atoms with Crippen LogP contribution in [-0.2, 0) is 0 Å². The van der Waals surface area contributed by atoms with Gasteiger partial charge in [0.05, 0.1) is 5.88 Å². The molecule has 0 radical (unpaired) electrons. The first-order valence-corrected chi connectivity index (χ1v) is 2.81. The second kappa shape index (κ2) is 3.95. The smallest absolute Gasteiger partial charge is 0.236 e. The lowest BCUT2D eigenvalue weighted by Crippen LogP contribution is -1.99. The van der Waals surface area contributed by atoms with Crippen molar-refractivity contribution in [1.82, 2.24) is 0 Å². The number of hydrogen-bond acceptors (Lipinski definition) is 0. The van der Waals surface area contributed by atoms with Gasteiger partial charge in [-0.05, 0) is 0 Å². The second-order valence-corrected chi connectivity index (χ2v) is 1.65. The van der Waals surface area contributed by atoms with Crippen molar-refractivity contribution in [2.75, 3.05) is 5.88 Å². The Morgan fingerprint density at radius 2 is 2.43 bits per heavy atom. The van der Waals surface area contributed by atoms with Crippen molar-refractivity contribution in [2.45, 2.75) is 19.4 Å². The summed E-state index contributed by atoms with van der Waals surface area (Å²) >= 11 is 5.35. The van der Waals surface area contributed by atoms with Crippen LogP contribution in [0.1, 0.15) is 13.3 Å². The van der Waals surface area contributed by atoms with Gasteiger partial charge in [0.1, 0.15) is 0 Å². The van der Waals surface area contributed by atoms with Crippen LogP contribution in [0.25, 0.3) is 4.85 Å². The van der Waals surface area contributed by atoms with E-state index in [9.17, 15) is 0 Å². The SMILES string of the molecule is [C-]#[N+]C(CC)CCl. The average molecular weight is 118 g/mol. The van der Waals surface area contributed by atoms with Gasteiger partial charge < -0.3 is 4.85 Å². The number of alkyl halides is 1. The molecule has 0 aliphatic rings. The Kier molecular flexibility index (Phi) is 3.83. The van der Waals surface area contributed by atoms with Crippen LogP contribution in [0.2, 0.25) is 0 Å². The summed E-state index contributed by atoms with van der Waals surface area (Å²) in [7, 11) is 0. The fourth-order valence-corrected chi connectivity index (χ4v) is 0.522. The zero-order valence-electron chi connectivity index (χ0n) is 4.32. The Morgan fingerprint density at radius 3 is 2.43 bits per heavy atom. The molecule has 0 rings (SSSR count). The van der Waals surface area contributed by atoms with E-state index in [-0.39, 0.29) is 6.04 Å². The predicted octanol–water partition coefficient (Wildman–Crippen LogP) is 1.92. The van der Waals surface area contributed by atoms with E-state index in [2.05, 4.69) is 4.85 Å². The van der Waals surface area contributed by atoms with Crippen molar-refractivity contribution < 1.29 is 0 Å². The molecule has 0 bridgehead atoms. The summed E-state index contributed by atoms with van der Waals surface area (Å²) in [5.74, 6) is 0.472. The summed E-state index contributed by atoms with van der Waals surface area (Å²) in [5, 5.41) is 0. The van der Waals surface area contributed by atoms with Gasteiger partial charge >= 0.3 is 0 Å². The molecule has 0 aromatic heterocycles. The van der Waals surface area contributed by atoms with Gasteiger partial charge in [0, 0.05) is 6.42 Å². The van der Waals surface area contributed by atoms with Gasteiger partial charge in [0.2, 0.25) is 6.04 Å². The Morgan fingerprint density at radius 1 is 1.86 bits per heavy atom. The van der Waals surface area contributed by atoms with Crippen molar-refractivity contribution in [3.8, 4) is 0 Å². The van der Waals surface area contributed by atoms with Crippen molar-refractivity contribution in [3.63, 3.8) is 0 Å². The molecular weight excluding hydrogens is 110 g/mol. The van der Waals surface area contributed by atoms with E-state index in [1.54, 1.807) is 0 Å². The monoisotopic (exact) mass is 117 g/mol. The van der Waals surface area contributed by atoms with Gasteiger partial charge in [0.15, 0.2) is 0 Å².